The maximum atomic E-state index is 13.1. The first-order valence-electron chi connectivity index (χ1n) is 7.53. The van der Waals surface area contributed by atoms with Crippen LogP contribution in [0.1, 0.15) is 11.1 Å². The van der Waals surface area contributed by atoms with Crippen LogP contribution >= 0.6 is 0 Å². The van der Waals surface area contributed by atoms with Crippen molar-refractivity contribution in [2.24, 2.45) is 0 Å². The van der Waals surface area contributed by atoms with Crippen molar-refractivity contribution in [1.29, 1.82) is 0 Å². The first kappa shape index (κ1) is 20.6. The monoisotopic (exact) mass is 403 g/mol. The van der Waals surface area contributed by atoms with Gasteiger partial charge in [-0.3, -0.25) is 9.10 Å². The van der Waals surface area contributed by atoms with Gasteiger partial charge in [-0.15, -0.1) is 0 Å². The first-order chi connectivity index (χ1) is 12.5. The lowest BCUT2D eigenvalue weighted by atomic mass is 10.2. The number of aryl methyl sites for hydroxylation is 1. The predicted molar refractivity (Wildman–Crippen MR) is 91.3 cm³/mol. The van der Waals surface area contributed by atoms with E-state index in [9.17, 15) is 26.4 Å². The van der Waals surface area contributed by atoms with Gasteiger partial charge in [-0.25, -0.2) is 8.42 Å². The van der Waals surface area contributed by atoms with Crippen LogP contribution in [0.4, 0.5) is 18.9 Å². The highest BCUT2D eigenvalue weighted by atomic mass is 32.2. The molecule has 0 bridgehead atoms. The lowest BCUT2D eigenvalue weighted by molar-refractivity contribution is -0.137. The highest BCUT2D eigenvalue weighted by Gasteiger charge is 2.34. The number of carboxylic acids is 1. The third-order valence-corrected chi connectivity index (χ3v) is 5.42. The van der Waals surface area contributed by atoms with Crippen LogP contribution in [0.3, 0.4) is 0 Å². The molecular formula is C17H16F3NO5S. The number of rotatable bonds is 6. The number of anilines is 1. The molecule has 0 unspecified atom stereocenters. The van der Waals surface area contributed by atoms with E-state index in [0.717, 1.165) is 18.2 Å². The molecule has 2 aromatic carbocycles. The Kier molecular flexibility index (Phi) is 5.69. The topological polar surface area (TPSA) is 83.9 Å². The second-order valence-electron chi connectivity index (χ2n) is 5.61. The second-order valence-corrected chi connectivity index (χ2v) is 7.44. The maximum Gasteiger partial charge on any atom is 0.416 e. The molecule has 0 fully saturated rings. The molecular weight excluding hydrogens is 387 g/mol. The van der Waals surface area contributed by atoms with Gasteiger partial charge < -0.3 is 9.84 Å². The fraction of sp³-hybridized carbons (Fsp3) is 0.235. The molecule has 0 amide bonds. The fourth-order valence-corrected chi connectivity index (χ4v) is 4.03. The van der Waals surface area contributed by atoms with Gasteiger partial charge in [0.1, 0.15) is 17.2 Å². The Balaban J connectivity index is 2.67. The Morgan fingerprint density at radius 3 is 2.41 bits per heavy atom. The summed E-state index contributed by atoms with van der Waals surface area (Å²) in [5.74, 6) is -1.58. The SMILES string of the molecule is COc1ccc(C)cc1S(=O)(=O)N(CC(=O)O)c1cccc(C(F)(F)F)c1. The molecule has 0 aliphatic heterocycles. The fourth-order valence-electron chi connectivity index (χ4n) is 2.38. The molecule has 27 heavy (non-hydrogen) atoms. The molecule has 2 rings (SSSR count). The van der Waals surface area contributed by atoms with Crippen LogP contribution < -0.4 is 9.04 Å². The highest BCUT2D eigenvalue weighted by molar-refractivity contribution is 7.93. The normalized spacial score (nSPS) is 11.9. The number of benzene rings is 2. The Morgan fingerprint density at radius 1 is 1.19 bits per heavy atom. The molecule has 6 nitrogen and oxygen atoms in total. The third kappa shape index (κ3) is 4.51. The number of carbonyl (C=O) groups is 1. The number of sulfonamides is 1. The van der Waals surface area contributed by atoms with Gasteiger partial charge in [-0.2, -0.15) is 13.2 Å². The van der Waals surface area contributed by atoms with Crippen LogP contribution in [-0.2, 0) is 21.0 Å². The van der Waals surface area contributed by atoms with E-state index in [2.05, 4.69) is 0 Å². The van der Waals surface area contributed by atoms with Crippen molar-refractivity contribution in [1.82, 2.24) is 0 Å². The minimum absolute atomic E-state index is 0.0528. The Labute approximate surface area is 153 Å². The summed E-state index contributed by atoms with van der Waals surface area (Å²) in [6.07, 6.45) is -4.71. The lowest BCUT2D eigenvalue weighted by Gasteiger charge is -2.24. The minimum atomic E-state index is -4.71. The van der Waals surface area contributed by atoms with Crippen LogP contribution in [0.15, 0.2) is 47.4 Å². The van der Waals surface area contributed by atoms with Crippen LogP contribution in [0, 0.1) is 6.92 Å². The van der Waals surface area contributed by atoms with Crippen LogP contribution in [-0.4, -0.2) is 33.1 Å². The zero-order chi connectivity index (χ0) is 20.4. The van der Waals surface area contributed by atoms with E-state index in [-0.39, 0.29) is 10.6 Å². The van der Waals surface area contributed by atoms with Gasteiger partial charge >= 0.3 is 12.1 Å². The predicted octanol–water partition coefficient (Wildman–Crippen LogP) is 3.30. The Morgan fingerprint density at radius 2 is 1.85 bits per heavy atom. The zero-order valence-electron chi connectivity index (χ0n) is 14.3. The molecule has 0 spiro atoms. The van der Waals surface area contributed by atoms with Crippen LogP contribution in [0.25, 0.3) is 0 Å². The average molecular weight is 403 g/mol. The van der Waals surface area contributed by atoms with Crippen molar-refractivity contribution < 1.29 is 36.2 Å². The largest absolute Gasteiger partial charge is 0.495 e. The molecule has 0 aromatic heterocycles. The molecule has 0 aliphatic rings. The number of nitrogens with zero attached hydrogens (tertiary/aromatic N) is 1. The van der Waals surface area contributed by atoms with Gasteiger partial charge in [0.2, 0.25) is 0 Å². The van der Waals surface area contributed by atoms with Gasteiger partial charge in [-0.05, 0) is 42.8 Å². The van der Waals surface area contributed by atoms with Crippen molar-refractivity contribution in [2.45, 2.75) is 18.0 Å². The molecule has 1 N–H and O–H groups in total. The maximum absolute atomic E-state index is 13.1. The summed E-state index contributed by atoms with van der Waals surface area (Å²) < 4.78 is 70.5. The number of methoxy groups -OCH3 is 1. The second kappa shape index (κ2) is 7.47. The molecule has 0 heterocycles. The van der Waals surface area contributed by atoms with Crippen molar-refractivity contribution in [2.75, 3.05) is 18.0 Å². The van der Waals surface area contributed by atoms with E-state index >= 15 is 0 Å². The molecule has 10 heteroatoms. The molecule has 0 saturated carbocycles. The summed E-state index contributed by atoms with van der Waals surface area (Å²) in [4.78, 5) is 10.9. The highest BCUT2D eigenvalue weighted by Crippen LogP contribution is 2.35. The summed E-state index contributed by atoms with van der Waals surface area (Å²) >= 11 is 0. The summed E-state index contributed by atoms with van der Waals surface area (Å²) in [5, 5.41) is 9.11. The quantitative estimate of drug-likeness (QED) is 0.800. The Hall–Kier alpha value is -2.75. The van der Waals surface area contributed by atoms with Gasteiger partial charge in [0.25, 0.3) is 10.0 Å². The standard InChI is InChI=1S/C17H16F3NO5S/c1-11-6-7-14(26-2)15(8-11)27(24,25)21(10-16(22)23)13-5-3-4-12(9-13)17(18,19)20/h3-9H,10H2,1-2H3,(H,22,23). The van der Waals surface area contributed by atoms with Crippen molar-refractivity contribution in [3.63, 3.8) is 0 Å². The number of hydrogen-bond acceptors (Lipinski definition) is 4. The van der Waals surface area contributed by atoms with Crippen molar-refractivity contribution in [3.8, 4) is 5.75 Å². The van der Waals surface area contributed by atoms with E-state index < -0.39 is 40.0 Å². The first-order valence-corrected chi connectivity index (χ1v) is 8.97. The van der Waals surface area contributed by atoms with Gasteiger partial charge in [0.15, 0.2) is 0 Å². The molecule has 0 radical (unpaired) electrons. The molecule has 0 saturated heterocycles. The lowest BCUT2D eigenvalue weighted by Crippen LogP contribution is -2.36. The number of alkyl halides is 3. The summed E-state index contributed by atoms with van der Waals surface area (Å²) in [7, 11) is -3.28. The van der Waals surface area contributed by atoms with Crippen LogP contribution in [0.5, 0.6) is 5.75 Å². The summed E-state index contributed by atoms with van der Waals surface area (Å²) in [6.45, 7) is 0.561. The number of halogens is 3. The van der Waals surface area contributed by atoms with E-state index in [4.69, 9.17) is 9.84 Å². The van der Waals surface area contributed by atoms with Gasteiger partial charge in [0.05, 0.1) is 18.4 Å². The van der Waals surface area contributed by atoms with E-state index in [0.29, 0.717) is 15.9 Å². The summed E-state index contributed by atoms with van der Waals surface area (Å²) in [6, 6.07) is 7.69. The van der Waals surface area contributed by atoms with Crippen LogP contribution in [0.2, 0.25) is 0 Å². The Bertz CT molecular complexity index is 957. The van der Waals surface area contributed by atoms with Gasteiger partial charge in [0, 0.05) is 0 Å². The number of aliphatic carboxylic acids is 1. The van der Waals surface area contributed by atoms with Gasteiger partial charge in [-0.1, -0.05) is 12.1 Å². The average Bonchev–Trinajstić information content (AvgIpc) is 2.58. The third-order valence-electron chi connectivity index (χ3n) is 3.63. The number of carboxylic acid groups (broad SMARTS) is 1. The summed E-state index contributed by atoms with van der Waals surface area (Å²) in [5.41, 5.74) is -0.966. The van der Waals surface area contributed by atoms with E-state index in [1.807, 2.05) is 0 Å². The molecule has 2 aromatic rings. The smallest absolute Gasteiger partial charge is 0.416 e. The number of ether oxygens (including phenoxy) is 1. The molecule has 146 valence electrons. The van der Waals surface area contributed by atoms with Crippen molar-refractivity contribution in [3.05, 3.63) is 53.6 Å². The number of hydrogen-bond donors (Lipinski definition) is 1. The van der Waals surface area contributed by atoms with E-state index in [1.54, 1.807) is 13.0 Å². The van der Waals surface area contributed by atoms with E-state index in [1.165, 1.54) is 19.2 Å². The zero-order valence-corrected chi connectivity index (χ0v) is 15.1. The molecule has 0 aliphatic carbocycles. The van der Waals surface area contributed by atoms with Crippen molar-refractivity contribution >= 4 is 21.7 Å². The molecule has 0 atom stereocenters. The minimum Gasteiger partial charge on any atom is -0.495 e.